The van der Waals surface area contributed by atoms with Crippen molar-refractivity contribution in [1.29, 1.82) is 0 Å². The number of aliphatic hydroxyl groups is 1. The average Bonchev–Trinajstić information content (AvgIpc) is 2.39. The van der Waals surface area contributed by atoms with Crippen molar-refractivity contribution in [3.05, 3.63) is 40.9 Å². The lowest BCUT2D eigenvalue weighted by Crippen LogP contribution is -2.10. The minimum atomic E-state index is -3.63. The summed E-state index contributed by atoms with van der Waals surface area (Å²) in [4.78, 5) is 0. The van der Waals surface area contributed by atoms with Gasteiger partial charge in [0.25, 0.3) is 0 Å². The van der Waals surface area contributed by atoms with Crippen molar-refractivity contribution >= 4 is 35.8 Å². The van der Waals surface area contributed by atoms with Gasteiger partial charge in [0.15, 0.2) is 5.85 Å². The van der Waals surface area contributed by atoms with Crippen LogP contribution < -0.4 is 0 Å². The molecule has 0 amide bonds. The van der Waals surface area contributed by atoms with Crippen LogP contribution in [0.5, 0.6) is 0 Å². The van der Waals surface area contributed by atoms with Crippen molar-refractivity contribution in [2.24, 2.45) is 0 Å². The fourth-order valence-electron chi connectivity index (χ4n) is 1.48. The fourth-order valence-corrected chi connectivity index (χ4v) is 3.37. The van der Waals surface area contributed by atoms with Gasteiger partial charge < -0.3 is 14.2 Å². The molecule has 0 bridgehead atoms. The van der Waals surface area contributed by atoms with Crippen molar-refractivity contribution in [2.45, 2.75) is 19.7 Å². The van der Waals surface area contributed by atoms with Gasteiger partial charge in [-0.15, -0.1) is 0 Å². The number of hydrogen-bond acceptors (Lipinski definition) is 4. The molecular weight excluding hydrogens is 322 g/mol. The lowest BCUT2D eigenvalue weighted by molar-refractivity contribution is 0.169. The molecule has 1 N–H and O–H groups in total. The van der Waals surface area contributed by atoms with Crippen molar-refractivity contribution in [3.63, 3.8) is 0 Å². The molecule has 0 aliphatic carbocycles. The Balaban J connectivity index is 2.95. The van der Waals surface area contributed by atoms with Crippen molar-refractivity contribution in [2.75, 3.05) is 13.2 Å². The maximum absolute atomic E-state index is 12.3. The highest BCUT2D eigenvalue weighted by molar-refractivity contribution is 7.54. The van der Waals surface area contributed by atoms with Crippen LogP contribution in [0.2, 0.25) is 5.02 Å². The maximum atomic E-state index is 12.3. The standard InChI is InChI=1S/C13H17Cl2O4P/c1-3-18-20(17,19-4-2)13(16)9-12(15)10-5-7-11(14)8-6-10/h5-9,13,16H,3-4H2,1-2H3. The summed E-state index contributed by atoms with van der Waals surface area (Å²) in [7, 11) is -3.63. The summed E-state index contributed by atoms with van der Waals surface area (Å²) in [6, 6.07) is 6.73. The SMILES string of the molecule is CCOP(=O)(OCC)C(O)C=C(Cl)c1ccc(Cl)cc1. The molecule has 1 aromatic rings. The molecule has 1 aromatic carbocycles. The van der Waals surface area contributed by atoms with E-state index in [-0.39, 0.29) is 18.2 Å². The number of aliphatic hydroxyl groups excluding tert-OH is 1. The van der Waals surface area contributed by atoms with E-state index in [0.29, 0.717) is 10.6 Å². The Morgan fingerprint density at radius 1 is 1.30 bits per heavy atom. The van der Waals surface area contributed by atoms with Gasteiger partial charge in [-0.25, -0.2) is 0 Å². The second-order valence-electron chi connectivity index (χ2n) is 3.81. The van der Waals surface area contributed by atoms with E-state index in [9.17, 15) is 9.67 Å². The largest absolute Gasteiger partial charge is 0.377 e. The molecule has 7 heteroatoms. The van der Waals surface area contributed by atoms with E-state index in [2.05, 4.69) is 0 Å². The molecule has 0 saturated heterocycles. The Morgan fingerprint density at radius 2 is 1.80 bits per heavy atom. The summed E-state index contributed by atoms with van der Waals surface area (Å²) in [5.74, 6) is -1.43. The van der Waals surface area contributed by atoms with E-state index in [1.54, 1.807) is 38.1 Å². The maximum Gasteiger partial charge on any atom is 0.362 e. The first-order chi connectivity index (χ1) is 9.42. The third-order valence-corrected chi connectivity index (χ3v) is 4.99. The molecule has 4 nitrogen and oxygen atoms in total. The van der Waals surface area contributed by atoms with Crippen LogP contribution in [0.1, 0.15) is 19.4 Å². The Kier molecular flexibility index (Phi) is 7.24. The van der Waals surface area contributed by atoms with Gasteiger partial charge in [-0.3, -0.25) is 4.57 Å². The minimum absolute atomic E-state index is 0.167. The molecule has 0 aliphatic rings. The van der Waals surface area contributed by atoms with Gasteiger partial charge in [0.05, 0.1) is 13.2 Å². The topological polar surface area (TPSA) is 55.8 Å². The van der Waals surface area contributed by atoms with Crippen LogP contribution in [0.25, 0.3) is 5.03 Å². The molecule has 0 spiro atoms. The highest BCUT2D eigenvalue weighted by atomic mass is 35.5. The molecular formula is C13H17Cl2O4P. The van der Waals surface area contributed by atoms with Crippen molar-refractivity contribution in [3.8, 4) is 0 Å². The van der Waals surface area contributed by atoms with Crippen LogP contribution in [0, 0.1) is 0 Å². The zero-order valence-corrected chi connectivity index (χ0v) is 13.7. The van der Waals surface area contributed by atoms with Crippen LogP contribution in [-0.4, -0.2) is 24.2 Å². The molecule has 0 aliphatic heterocycles. The van der Waals surface area contributed by atoms with E-state index >= 15 is 0 Å². The predicted octanol–water partition coefficient (Wildman–Crippen LogP) is 4.50. The Labute approximate surface area is 128 Å². The highest BCUT2D eigenvalue weighted by Gasteiger charge is 2.32. The van der Waals surface area contributed by atoms with Crippen LogP contribution in [0.3, 0.4) is 0 Å². The first-order valence-corrected chi connectivity index (χ1v) is 8.49. The van der Waals surface area contributed by atoms with Gasteiger partial charge in [0, 0.05) is 10.1 Å². The van der Waals surface area contributed by atoms with E-state index in [1.807, 2.05) is 0 Å². The summed E-state index contributed by atoms with van der Waals surface area (Å²) in [6.07, 6.45) is 1.25. The predicted molar refractivity (Wildman–Crippen MR) is 82.1 cm³/mol. The van der Waals surface area contributed by atoms with Crippen LogP contribution in [-0.2, 0) is 13.6 Å². The smallest absolute Gasteiger partial charge is 0.362 e. The first-order valence-electron chi connectivity index (χ1n) is 6.13. The molecule has 0 radical (unpaired) electrons. The Hall–Kier alpha value is -0.350. The van der Waals surface area contributed by atoms with E-state index < -0.39 is 13.4 Å². The fraction of sp³-hybridized carbons (Fsp3) is 0.385. The average molecular weight is 339 g/mol. The molecule has 1 unspecified atom stereocenters. The molecule has 112 valence electrons. The van der Waals surface area contributed by atoms with Gasteiger partial charge in [-0.1, -0.05) is 35.3 Å². The summed E-state index contributed by atoms with van der Waals surface area (Å²) in [5.41, 5.74) is 0.648. The van der Waals surface area contributed by atoms with E-state index in [0.717, 1.165) is 0 Å². The third-order valence-electron chi connectivity index (χ3n) is 2.36. The molecule has 0 aromatic heterocycles. The number of halogens is 2. The second-order valence-corrected chi connectivity index (χ2v) is 6.78. The van der Waals surface area contributed by atoms with E-state index in [4.69, 9.17) is 32.2 Å². The Morgan fingerprint density at radius 3 is 2.25 bits per heavy atom. The molecule has 1 atom stereocenters. The van der Waals surface area contributed by atoms with Crippen LogP contribution in [0.15, 0.2) is 30.3 Å². The molecule has 1 rings (SSSR count). The normalized spacial score (nSPS) is 14.3. The van der Waals surface area contributed by atoms with Crippen LogP contribution >= 0.6 is 30.8 Å². The number of rotatable bonds is 7. The van der Waals surface area contributed by atoms with Gasteiger partial charge in [0.1, 0.15) is 0 Å². The first kappa shape index (κ1) is 17.7. The lowest BCUT2D eigenvalue weighted by atomic mass is 10.2. The van der Waals surface area contributed by atoms with Crippen molar-refractivity contribution in [1.82, 2.24) is 0 Å². The summed E-state index contributed by atoms with van der Waals surface area (Å²) < 4.78 is 22.4. The van der Waals surface area contributed by atoms with Crippen LogP contribution in [0.4, 0.5) is 0 Å². The summed E-state index contributed by atoms with van der Waals surface area (Å²) in [5, 5.41) is 10.8. The van der Waals surface area contributed by atoms with E-state index in [1.165, 1.54) is 6.08 Å². The molecule has 0 fully saturated rings. The van der Waals surface area contributed by atoms with Gasteiger partial charge in [0.2, 0.25) is 0 Å². The minimum Gasteiger partial charge on any atom is -0.377 e. The molecule has 20 heavy (non-hydrogen) atoms. The number of hydrogen-bond donors (Lipinski definition) is 1. The highest BCUT2D eigenvalue weighted by Crippen LogP contribution is 2.53. The summed E-state index contributed by atoms with van der Waals surface area (Å²) in [6.45, 7) is 3.67. The quantitative estimate of drug-likeness (QED) is 0.743. The molecule has 0 heterocycles. The lowest BCUT2D eigenvalue weighted by Gasteiger charge is -2.20. The third kappa shape index (κ3) is 4.88. The second kappa shape index (κ2) is 8.18. The van der Waals surface area contributed by atoms with Gasteiger partial charge in [-0.2, -0.15) is 0 Å². The zero-order valence-electron chi connectivity index (χ0n) is 11.3. The van der Waals surface area contributed by atoms with Gasteiger partial charge >= 0.3 is 7.60 Å². The van der Waals surface area contributed by atoms with Crippen molar-refractivity contribution < 1.29 is 18.7 Å². The summed E-state index contributed by atoms with van der Waals surface area (Å²) >= 11 is 11.9. The monoisotopic (exact) mass is 338 g/mol. The Bertz CT molecular complexity index is 492. The zero-order chi connectivity index (χ0) is 15.2. The number of benzene rings is 1. The molecule has 0 saturated carbocycles. The van der Waals surface area contributed by atoms with Gasteiger partial charge in [-0.05, 0) is 37.6 Å².